The van der Waals surface area contributed by atoms with Gasteiger partial charge < -0.3 is 20.4 Å². The minimum atomic E-state index is -2.26. The van der Waals surface area contributed by atoms with E-state index < -0.39 is 46.3 Å². The van der Waals surface area contributed by atoms with Crippen molar-refractivity contribution in [2.75, 3.05) is 0 Å². The lowest BCUT2D eigenvalue weighted by Crippen LogP contribution is -2.15. The maximum absolute atomic E-state index is 12.9. The van der Waals surface area contributed by atoms with Crippen LogP contribution >= 0.6 is 0 Å². The zero-order chi connectivity index (χ0) is 21.2. The number of phenols is 2. The van der Waals surface area contributed by atoms with Gasteiger partial charge in [0.2, 0.25) is 0 Å². The number of carboxylic acid groups (broad SMARTS) is 2. The number of benzene rings is 3. The summed E-state index contributed by atoms with van der Waals surface area (Å²) < 4.78 is 51.6. The molecule has 28 heavy (non-hydrogen) atoms. The van der Waals surface area contributed by atoms with E-state index in [0.29, 0.717) is 5.39 Å². The first-order chi connectivity index (χ1) is 13.1. The monoisotopic (exact) mass is 398 g/mol. The Hall–Kier alpha value is -3.82. The van der Waals surface area contributed by atoms with E-state index in [2.05, 4.69) is 0 Å². The van der Waals surface area contributed by atoms with Crippen LogP contribution in [0.1, 0.15) is 20.7 Å². The fourth-order valence-electron chi connectivity index (χ4n) is 2.31. The number of phenolic OH excluding ortho intramolecular Hbond substituents is 2. The van der Waals surface area contributed by atoms with Crippen LogP contribution in [0.3, 0.4) is 0 Å². The van der Waals surface area contributed by atoms with Crippen LogP contribution in [0.15, 0.2) is 36.4 Å². The summed E-state index contributed by atoms with van der Waals surface area (Å²) in [6.45, 7) is 0. The van der Waals surface area contributed by atoms with Crippen LogP contribution in [-0.2, 0) is 0 Å². The van der Waals surface area contributed by atoms with Crippen molar-refractivity contribution < 1.29 is 47.6 Å². The van der Waals surface area contributed by atoms with Crippen LogP contribution in [0.25, 0.3) is 10.8 Å². The molecule has 3 aromatic carbocycles. The molecule has 3 rings (SSSR count). The first-order valence-corrected chi connectivity index (χ1v) is 7.30. The molecule has 0 heterocycles. The highest BCUT2D eigenvalue weighted by Gasteiger charge is 2.32. The number of hydrogen-bond donors (Lipinski definition) is 4. The second-order valence-electron chi connectivity index (χ2n) is 5.27. The van der Waals surface area contributed by atoms with Gasteiger partial charge in [0.05, 0.1) is 5.39 Å². The maximum Gasteiger partial charge on any atom is 0.341 e. The van der Waals surface area contributed by atoms with E-state index in [1.165, 1.54) is 0 Å². The standard InChI is InChI=1S/C10H8O2.C8H2F4O4/c11-8-5-1-3-7-4-2-6-9(12)10(7)8;9-3-1(7(13)14)4(10)6(12)2(5(3)11)8(15)16/h1-6,11-12H;(H,13,14)(H,15,16). The van der Waals surface area contributed by atoms with E-state index in [1.807, 2.05) is 12.1 Å². The molecule has 4 N–H and O–H groups in total. The molecule has 0 radical (unpaired) electrons. The van der Waals surface area contributed by atoms with Crippen molar-refractivity contribution in [3.8, 4) is 11.5 Å². The zero-order valence-electron chi connectivity index (χ0n) is 13.6. The van der Waals surface area contributed by atoms with Crippen LogP contribution in [-0.4, -0.2) is 32.4 Å². The lowest BCUT2D eigenvalue weighted by Gasteiger charge is -2.05. The van der Waals surface area contributed by atoms with Crippen LogP contribution in [0.5, 0.6) is 11.5 Å². The summed E-state index contributed by atoms with van der Waals surface area (Å²) in [5.74, 6) is -13.3. The first-order valence-electron chi connectivity index (χ1n) is 7.30. The van der Waals surface area contributed by atoms with Crippen molar-refractivity contribution in [1.82, 2.24) is 0 Å². The summed E-state index contributed by atoms with van der Waals surface area (Å²) in [6.07, 6.45) is 0. The summed E-state index contributed by atoms with van der Waals surface area (Å²) >= 11 is 0. The Kier molecular flexibility index (Phi) is 5.73. The van der Waals surface area contributed by atoms with E-state index in [4.69, 9.17) is 10.2 Å². The molecule has 0 spiro atoms. The van der Waals surface area contributed by atoms with Crippen LogP contribution in [0, 0.1) is 23.3 Å². The van der Waals surface area contributed by atoms with Crippen LogP contribution in [0.2, 0.25) is 0 Å². The van der Waals surface area contributed by atoms with Crippen molar-refractivity contribution in [2.45, 2.75) is 0 Å². The smallest absolute Gasteiger partial charge is 0.341 e. The fourth-order valence-corrected chi connectivity index (χ4v) is 2.31. The molecule has 0 saturated heterocycles. The number of carboxylic acids is 2. The fraction of sp³-hybridized carbons (Fsp3) is 0. The molecule has 0 bridgehead atoms. The van der Waals surface area contributed by atoms with Gasteiger partial charge in [0, 0.05) is 0 Å². The predicted octanol–water partition coefficient (Wildman–Crippen LogP) is 3.89. The normalized spacial score (nSPS) is 10.3. The van der Waals surface area contributed by atoms with Gasteiger partial charge >= 0.3 is 11.9 Å². The average Bonchev–Trinajstić information content (AvgIpc) is 2.60. The molecule has 6 nitrogen and oxygen atoms in total. The third-order valence-electron chi connectivity index (χ3n) is 3.55. The molecule has 146 valence electrons. The molecular weight excluding hydrogens is 388 g/mol. The number of carbonyl (C=O) groups is 2. The minimum absolute atomic E-state index is 0.116. The van der Waals surface area contributed by atoms with Gasteiger partial charge in [0.15, 0.2) is 23.3 Å². The molecule has 10 heteroatoms. The first kappa shape index (κ1) is 20.5. The van der Waals surface area contributed by atoms with Gasteiger partial charge in [-0.3, -0.25) is 0 Å². The Balaban J connectivity index is 0.000000207. The highest BCUT2D eigenvalue weighted by Crippen LogP contribution is 2.31. The topological polar surface area (TPSA) is 115 Å². The highest BCUT2D eigenvalue weighted by atomic mass is 19.2. The number of halogens is 4. The second-order valence-corrected chi connectivity index (χ2v) is 5.27. The zero-order valence-corrected chi connectivity index (χ0v) is 13.6. The van der Waals surface area contributed by atoms with Gasteiger partial charge in [-0.25, -0.2) is 27.2 Å². The van der Waals surface area contributed by atoms with E-state index in [0.717, 1.165) is 5.39 Å². The molecule has 0 aliphatic rings. The summed E-state index contributed by atoms with van der Waals surface area (Å²) in [4.78, 5) is 20.5. The van der Waals surface area contributed by atoms with Crippen molar-refractivity contribution in [2.24, 2.45) is 0 Å². The Morgan fingerprint density at radius 2 is 0.964 bits per heavy atom. The predicted molar refractivity (Wildman–Crippen MR) is 87.5 cm³/mol. The summed E-state index contributed by atoms with van der Waals surface area (Å²) in [5.41, 5.74) is -3.75. The molecule has 0 amide bonds. The van der Waals surface area contributed by atoms with Crippen LogP contribution in [0.4, 0.5) is 17.6 Å². The molecular formula is C18H10F4O6. The lowest BCUT2D eigenvalue weighted by molar-refractivity contribution is 0.0658. The summed E-state index contributed by atoms with van der Waals surface area (Å²) in [6, 6.07) is 10.3. The number of rotatable bonds is 2. The van der Waals surface area contributed by atoms with Crippen molar-refractivity contribution in [1.29, 1.82) is 0 Å². The molecule has 0 aliphatic heterocycles. The average molecular weight is 398 g/mol. The number of aromatic hydroxyl groups is 2. The van der Waals surface area contributed by atoms with E-state index in [9.17, 15) is 37.4 Å². The molecule has 0 aliphatic carbocycles. The molecule has 0 fully saturated rings. The largest absolute Gasteiger partial charge is 0.507 e. The Morgan fingerprint density at radius 1 is 0.643 bits per heavy atom. The van der Waals surface area contributed by atoms with Gasteiger partial charge in [-0.2, -0.15) is 0 Å². The molecule has 0 atom stereocenters. The van der Waals surface area contributed by atoms with Crippen molar-refractivity contribution >= 4 is 22.7 Å². The van der Waals surface area contributed by atoms with Crippen molar-refractivity contribution in [3.63, 3.8) is 0 Å². The van der Waals surface area contributed by atoms with E-state index >= 15 is 0 Å². The van der Waals surface area contributed by atoms with Gasteiger partial charge in [0.25, 0.3) is 0 Å². The van der Waals surface area contributed by atoms with Gasteiger partial charge in [-0.15, -0.1) is 0 Å². The molecule has 0 aromatic heterocycles. The third kappa shape index (κ3) is 3.65. The summed E-state index contributed by atoms with van der Waals surface area (Å²) in [7, 11) is 0. The SMILES string of the molecule is O=C(O)c1c(F)c(F)c(C(=O)O)c(F)c1F.Oc1cccc2cccc(O)c12. The maximum atomic E-state index is 12.9. The molecule has 0 unspecified atom stereocenters. The minimum Gasteiger partial charge on any atom is -0.507 e. The Morgan fingerprint density at radius 3 is 1.21 bits per heavy atom. The quantitative estimate of drug-likeness (QED) is 0.385. The van der Waals surface area contributed by atoms with Crippen molar-refractivity contribution in [3.05, 3.63) is 70.8 Å². The second kappa shape index (κ2) is 7.82. The number of fused-ring (bicyclic) bond motifs is 1. The highest BCUT2D eigenvalue weighted by molar-refractivity contribution is 5.93. The Labute approximate surface area is 153 Å². The lowest BCUT2D eigenvalue weighted by atomic mass is 10.1. The number of aromatic carboxylic acids is 2. The van der Waals surface area contributed by atoms with Gasteiger partial charge in [0.1, 0.15) is 22.6 Å². The van der Waals surface area contributed by atoms with Crippen LogP contribution < -0.4 is 0 Å². The Bertz CT molecular complexity index is 986. The number of hydrogen-bond acceptors (Lipinski definition) is 4. The van der Waals surface area contributed by atoms with Gasteiger partial charge in [-0.05, 0) is 17.5 Å². The van der Waals surface area contributed by atoms with Gasteiger partial charge in [-0.1, -0.05) is 24.3 Å². The molecule has 0 saturated carbocycles. The van der Waals surface area contributed by atoms with E-state index in [1.54, 1.807) is 24.3 Å². The molecule has 3 aromatic rings. The summed E-state index contributed by atoms with van der Waals surface area (Å²) in [5, 5.41) is 36.7. The third-order valence-corrected chi connectivity index (χ3v) is 3.55. The van der Waals surface area contributed by atoms with E-state index in [-0.39, 0.29) is 11.5 Å².